The average Bonchev–Trinajstić information content (AvgIpc) is 3.16. The van der Waals surface area contributed by atoms with E-state index in [0.717, 1.165) is 19.1 Å². The molecule has 2 heterocycles. The number of amides is 2. The summed E-state index contributed by atoms with van der Waals surface area (Å²) in [7, 11) is 0. The molecule has 0 aromatic carbocycles. The van der Waals surface area contributed by atoms with Crippen molar-refractivity contribution < 1.29 is 9.59 Å². The van der Waals surface area contributed by atoms with Gasteiger partial charge < -0.3 is 15.5 Å². The zero-order valence-electron chi connectivity index (χ0n) is 11.2. The topological polar surface area (TPSA) is 73.5 Å². The van der Waals surface area contributed by atoms with Crippen LogP contribution in [0.4, 0.5) is 0 Å². The monoisotopic (exact) mass is 266 g/mol. The number of nitrogens with one attached hydrogen (secondary N) is 3. The Labute approximate surface area is 113 Å². The summed E-state index contributed by atoms with van der Waals surface area (Å²) in [5.41, 5.74) is 0. The summed E-state index contributed by atoms with van der Waals surface area (Å²) in [5.74, 6) is 0.549. The molecule has 3 rings (SSSR count). The van der Waals surface area contributed by atoms with Crippen molar-refractivity contribution in [1.29, 1.82) is 0 Å². The summed E-state index contributed by atoms with van der Waals surface area (Å²) in [6, 6.07) is 0.551. The van der Waals surface area contributed by atoms with Gasteiger partial charge in [-0.3, -0.25) is 14.9 Å². The van der Waals surface area contributed by atoms with E-state index in [-0.39, 0.29) is 24.4 Å². The minimum atomic E-state index is -0.279. The molecule has 2 atom stereocenters. The Bertz CT molecular complexity index is 360. The van der Waals surface area contributed by atoms with Crippen LogP contribution in [0.3, 0.4) is 0 Å². The molecule has 2 unspecified atom stereocenters. The highest BCUT2D eigenvalue weighted by Crippen LogP contribution is 2.31. The van der Waals surface area contributed by atoms with Crippen molar-refractivity contribution in [2.75, 3.05) is 32.7 Å². The smallest absolute Gasteiger partial charge is 0.238 e. The molecule has 2 amide bonds. The van der Waals surface area contributed by atoms with E-state index < -0.39 is 0 Å². The van der Waals surface area contributed by atoms with E-state index >= 15 is 0 Å². The van der Waals surface area contributed by atoms with Crippen LogP contribution in [0.5, 0.6) is 0 Å². The van der Waals surface area contributed by atoms with E-state index in [0.29, 0.717) is 12.5 Å². The van der Waals surface area contributed by atoms with Crippen LogP contribution < -0.4 is 16.0 Å². The van der Waals surface area contributed by atoms with Gasteiger partial charge in [0.15, 0.2) is 0 Å². The minimum Gasteiger partial charge on any atom is -0.354 e. The highest BCUT2D eigenvalue weighted by atomic mass is 16.2. The third-order valence-electron chi connectivity index (χ3n) is 4.27. The standard InChI is InChI=1S/C13H22N4O2/c18-12-7-14-11(6-15-12)13(19)16-5-9-3-4-17(8-9)10-1-2-10/h9-11,14H,1-8H2,(H,15,18)(H,16,19). The molecule has 3 aliphatic rings. The van der Waals surface area contributed by atoms with E-state index in [2.05, 4.69) is 20.9 Å². The largest absolute Gasteiger partial charge is 0.354 e. The summed E-state index contributed by atoms with van der Waals surface area (Å²) >= 11 is 0. The Morgan fingerprint density at radius 2 is 2.21 bits per heavy atom. The lowest BCUT2D eigenvalue weighted by Crippen LogP contribution is -2.58. The molecule has 6 heteroatoms. The lowest BCUT2D eigenvalue weighted by atomic mass is 10.1. The quantitative estimate of drug-likeness (QED) is 0.590. The van der Waals surface area contributed by atoms with Gasteiger partial charge in [-0.15, -0.1) is 0 Å². The van der Waals surface area contributed by atoms with Crippen molar-refractivity contribution in [3.8, 4) is 0 Å². The molecule has 3 N–H and O–H groups in total. The summed E-state index contributed by atoms with van der Waals surface area (Å²) in [4.78, 5) is 25.5. The van der Waals surface area contributed by atoms with E-state index in [1.165, 1.54) is 25.8 Å². The van der Waals surface area contributed by atoms with Gasteiger partial charge in [0.25, 0.3) is 0 Å². The molecule has 1 aliphatic carbocycles. The Hall–Kier alpha value is -1.14. The Kier molecular flexibility index (Phi) is 3.70. The second-order valence-corrected chi connectivity index (χ2v) is 5.86. The molecule has 0 aromatic rings. The number of hydrogen-bond acceptors (Lipinski definition) is 4. The fourth-order valence-corrected chi connectivity index (χ4v) is 2.92. The molecule has 106 valence electrons. The van der Waals surface area contributed by atoms with E-state index in [1.54, 1.807) is 0 Å². The van der Waals surface area contributed by atoms with Crippen LogP contribution in [-0.2, 0) is 9.59 Å². The molecule has 0 bridgehead atoms. The minimum absolute atomic E-state index is 0.00451. The van der Waals surface area contributed by atoms with Crippen LogP contribution in [-0.4, -0.2) is 61.5 Å². The Balaban J connectivity index is 1.37. The number of piperazine rings is 1. The first-order chi connectivity index (χ1) is 9.22. The first-order valence-corrected chi connectivity index (χ1v) is 7.24. The number of likely N-dealkylation sites (tertiary alicyclic amines) is 1. The van der Waals surface area contributed by atoms with Gasteiger partial charge in [-0.05, 0) is 31.7 Å². The van der Waals surface area contributed by atoms with Crippen molar-refractivity contribution in [3.63, 3.8) is 0 Å². The van der Waals surface area contributed by atoms with E-state index in [1.807, 2.05) is 0 Å². The average molecular weight is 266 g/mol. The third kappa shape index (κ3) is 3.25. The number of carbonyl (C=O) groups is 2. The van der Waals surface area contributed by atoms with Gasteiger partial charge in [0.2, 0.25) is 11.8 Å². The molecule has 0 radical (unpaired) electrons. The van der Waals surface area contributed by atoms with Gasteiger partial charge in [0.1, 0.15) is 6.04 Å². The molecule has 3 fully saturated rings. The fraction of sp³-hybridized carbons (Fsp3) is 0.846. The second-order valence-electron chi connectivity index (χ2n) is 5.86. The van der Waals surface area contributed by atoms with Crippen molar-refractivity contribution >= 4 is 11.8 Å². The molecule has 0 aromatic heterocycles. The SMILES string of the molecule is O=C1CNC(C(=O)NCC2CCN(C3CC3)C2)CN1. The van der Waals surface area contributed by atoms with Gasteiger partial charge >= 0.3 is 0 Å². The van der Waals surface area contributed by atoms with E-state index in [9.17, 15) is 9.59 Å². The maximum absolute atomic E-state index is 12.0. The molecule has 19 heavy (non-hydrogen) atoms. The maximum atomic E-state index is 12.0. The van der Waals surface area contributed by atoms with Gasteiger partial charge in [-0.2, -0.15) is 0 Å². The Morgan fingerprint density at radius 1 is 1.37 bits per heavy atom. The lowest BCUT2D eigenvalue weighted by molar-refractivity contribution is -0.126. The fourth-order valence-electron chi connectivity index (χ4n) is 2.92. The molecular weight excluding hydrogens is 244 g/mol. The molecule has 6 nitrogen and oxygen atoms in total. The number of hydrogen-bond donors (Lipinski definition) is 3. The Morgan fingerprint density at radius 3 is 2.89 bits per heavy atom. The van der Waals surface area contributed by atoms with E-state index in [4.69, 9.17) is 0 Å². The number of nitrogens with zero attached hydrogens (tertiary/aromatic N) is 1. The zero-order valence-corrected chi connectivity index (χ0v) is 11.2. The molecule has 0 spiro atoms. The molecular formula is C13H22N4O2. The zero-order chi connectivity index (χ0) is 13.2. The van der Waals surface area contributed by atoms with Gasteiger partial charge in [-0.1, -0.05) is 0 Å². The normalized spacial score (nSPS) is 32.1. The highest BCUT2D eigenvalue weighted by molar-refractivity contribution is 5.86. The van der Waals surface area contributed by atoms with Crippen molar-refractivity contribution in [2.45, 2.75) is 31.3 Å². The first kappa shape index (κ1) is 12.9. The van der Waals surface area contributed by atoms with Crippen LogP contribution in [0.1, 0.15) is 19.3 Å². The molecule has 2 aliphatic heterocycles. The van der Waals surface area contributed by atoms with Crippen LogP contribution in [0.2, 0.25) is 0 Å². The van der Waals surface area contributed by atoms with Crippen LogP contribution in [0.25, 0.3) is 0 Å². The van der Waals surface area contributed by atoms with Crippen molar-refractivity contribution in [3.05, 3.63) is 0 Å². The van der Waals surface area contributed by atoms with Gasteiger partial charge in [0.05, 0.1) is 6.54 Å². The van der Waals surface area contributed by atoms with Crippen molar-refractivity contribution in [2.24, 2.45) is 5.92 Å². The maximum Gasteiger partial charge on any atom is 0.238 e. The highest BCUT2D eigenvalue weighted by Gasteiger charge is 2.34. The third-order valence-corrected chi connectivity index (χ3v) is 4.27. The van der Waals surface area contributed by atoms with Gasteiger partial charge in [0, 0.05) is 25.7 Å². The van der Waals surface area contributed by atoms with Gasteiger partial charge in [-0.25, -0.2) is 0 Å². The predicted octanol–water partition coefficient (Wildman–Crippen LogP) is -1.33. The first-order valence-electron chi connectivity index (χ1n) is 7.24. The summed E-state index contributed by atoms with van der Waals surface area (Å²) in [5, 5.41) is 8.66. The number of rotatable bonds is 4. The summed E-state index contributed by atoms with van der Waals surface area (Å²) in [6.07, 6.45) is 3.89. The number of carbonyl (C=O) groups excluding carboxylic acids is 2. The lowest BCUT2D eigenvalue weighted by Gasteiger charge is -2.24. The van der Waals surface area contributed by atoms with Crippen LogP contribution >= 0.6 is 0 Å². The summed E-state index contributed by atoms with van der Waals surface area (Å²) < 4.78 is 0. The van der Waals surface area contributed by atoms with Crippen molar-refractivity contribution in [1.82, 2.24) is 20.9 Å². The van der Waals surface area contributed by atoms with Crippen LogP contribution in [0, 0.1) is 5.92 Å². The molecule has 2 saturated heterocycles. The molecule has 1 saturated carbocycles. The predicted molar refractivity (Wildman–Crippen MR) is 70.5 cm³/mol. The van der Waals surface area contributed by atoms with Crippen LogP contribution in [0.15, 0.2) is 0 Å². The second kappa shape index (κ2) is 5.46. The summed E-state index contributed by atoms with van der Waals surface area (Å²) in [6.45, 7) is 3.69.